The second-order valence-electron chi connectivity index (χ2n) is 12.0. The zero-order chi connectivity index (χ0) is 32.2. The third-order valence-corrected chi connectivity index (χ3v) is 8.06. The Kier molecular flexibility index (Phi) is 13.1. The number of nitrogens with two attached hydrogens (primary N) is 2. The lowest BCUT2D eigenvalue weighted by molar-refractivity contribution is -0.147. The topological polar surface area (TPSA) is 204 Å². The predicted molar refractivity (Wildman–Crippen MR) is 166 cm³/mol. The first-order chi connectivity index (χ1) is 21.0. The van der Waals surface area contributed by atoms with Crippen molar-refractivity contribution < 1.29 is 24.0 Å². The quantitative estimate of drug-likeness (QED) is 0.0897. The Morgan fingerprint density at radius 2 is 1.68 bits per heavy atom. The molecule has 0 spiro atoms. The normalized spacial score (nSPS) is 20.1. The molecule has 0 bridgehead atoms. The average Bonchev–Trinajstić information content (AvgIpc) is 3.68. The molecule has 0 saturated carbocycles. The molecule has 4 amide bonds. The van der Waals surface area contributed by atoms with Crippen molar-refractivity contribution in [2.75, 3.05) is 19.6 Å². The van der Waals surface area contributed by atoms with Crippen LogP contribution < -0.4 is 27.4 Å². The molecular formula is C31H47N8O5. The minimum atomic E-state index is -0.975. The second kappa shape index (κ2) is 16.7. The van der Waals surface area contributed by atoms with Gasteiger partial charge in [0.05, 0.1) is 12.1 Å². The van der Waals surface area contributed by atoms with Gasteiger partial charge in [-0.25, -0.2) is 0 Å². The highest BCUT2D eigenvalue weighted by Gasteiger charge is 2.43. The number of rotatable bonds is 15. The highest BCUT2D eigenvalue weighted by Crippen LogP contribution is 2.26. The van der Waals surface area contributed by atoms with Gasteiger partial charge in [-0.05, 0) is 62.8 Å². The summed E-state index contributed by atoms with van der Waals surface area (Å²) in [4.78, 5) is 68.4. The summed E-state index contributed by atoms with van der Waals surface area (Å²) in [6.45, 7) is 4.94. The maximum atomic E-state index is 13.8. The van der Waals surface area contributed by atoms with E-state index in [1.165, 1.54) is 4.90 Å². The van der Waals surface area contributed by atoms with Crippen molar-refractivity contribution in [2.24, 2.45) is 17.4 Å². The average molecular weight is 612 g/mol. The summed E-state index contributed by atoms with van der Waals surface area (Å²) in [7, 11) is 0. The minimum Gasteiger partial charge on any atom is -0.370 e. The highest BCUT2D eigenvalue weighted by atomic mass is 16.2. The standard InChI is InChI=1S/C31H47N8O5/c1-20(2)17-22(19-40)36-27(41)24(11-6-14-35-31(33)34)37-28(42)25-12-7-15-38(25)30(44)26-13-8-16-39(26)29(43)23(32)18-21-9-4-3-5-10-21/h3-5,9-10,20,22-26H,6-8,11-18,32H2,1-2H3,(H,36,41)(H,37,42)(H4,33,34,35)/t22-,23-,24-,25-,26-/m0/s1. The zero-order valence-electron chi connectivity index (χ0n) is 25.7. The molecule has 44 heavy (non-hydrogen) atoms. The molecule has 3 rings (SSSR count). The van der Waals surface area contributed by atoms with Crippen LogP contribution in [-0.4, -0.2) is 95.5 Å². The highest BCUT2D eigenvalue weighted by molar-refractivity contribution is 5.95. The molecule has 13 heteroatoms. The first-order valence-electron chi connectivity index (χ1n) is 15.5. The Morgan fingerprint density at radius 1 is 1.02 bits per heavy atom. The van der Waals surface area contributed by atoms with Crippen LogP contribution in [0, 0.1) is 11.3 Å². The van der Waals surface area contributed by atoms with Crippen LogP contribution in [0.15, 0.2) is 30.3 Å². The van der Waals surface area contributed by atoms with E-state index in [2.05, 4.69) is 16.0 Å². The Balaban J connectivity index is 1.67. The summed E-state index contributed by atoms with van der Waals surface area (Å²) in [5, 5.41) is 15.5. The van der Waals surface area contributed by atoms with Crippen molar-refractivity contribution in [2.45, 2.75) is 95.4 Å². The van der Waals surface area contributed by atoms with E-state index < -0.39 is 42.0 Å². The maximum absolute atomic E-state index is 13.8. The van der Waals surface area contributed by atoms with Crippen LogP contribution in [0.25, 0.3) is 0 Å². The molecule has 241 valence electrons. The molecule has 2 fully saturated rings. The largest absolute Gasteiger partial charge is 0.370 e. The van der Waals surface area contributed by atoms with Crippen LogP contribution in [0.5, 0.6) is 0 Å². The number of carbonyl (C=O) groups is 4. The van der Waals surface area contributed by atoms with Crippen molar-refractivity contribution >= 4 is 35.9 Å². The van der Waals surface area contributed by atoms with Crippen LogP contribution >= 0.6 is 0 Å². The van der Waals surface area contributed by atoms with Gasteiger partial charge in [-0.1, -0.05) is 44.2 Å². The van der Waals surface area contributed by atoms with Gasteiger partial charge in [0.15, 0.2) is 5.96 Å². The van der Waals surface area contributed by atoms with E-state index in [0.29, 0.717) is 64.6 Å². The van der Waals surface area contributed by atoms with Gasteiger partial charge in [0.2, 0.25) is 29.9 Å². The van der Waals surface area contributed by atoms with Crippen LogP contribution in [-0.2, 0) is 30.4 Å². The molecule has 1 radical (unpaired) electrons. The Morgan fingerprint density at radius 3 is 2.32 bits per heavy atom. The second-order valence-corrected chi connectivity index (χ2v) is 12.0. The molecule has 2 aliphatic rings. The van der Waals surface area contributed by atoms with Gasteiger partial charge >= 0.3 is 0 Å². The fourth-order valence-electron chi connectivity index (χ4n) is 5.90. The van der Waals surface area contributed by atoms with E-state index in [1.54, 1.807) is 4.90 Å². The number of amides is 4. The Bertz CT molecular complexity index is 1160. The molecule has 13 nitrogen and oxygen atoms in total. The lowest BCUT2D eigenvalue weighted by Crippen LogP contribution is -2.57. The lowest BCUT2D eigenvalue weighted by atomic mass is 10.0. The van der Waals surface area contributed by atoms with Crippen molar-refractivity contribution in [1.29, 1.82) is 5.41 Å². The minimum absolute atomic E-state index is 0.141. The fraction of sp³-hybridized carbons (Fsp3) is 0.613. The first kappa shape index (κ1) is 34.5. The molecule has 1 aromatic rings. The zero-order valence-corrected chi connectivity index (χ0v) is 25.7. The number of hydrogen-bond donors (Lipinski definition) is 6. The Labute approximate surface area is 259 Å². The van der Waals surface area contributed by atoms with Gasteiger partial charge in [0, 0.05) is 19.6 Å². The molecule has 2 aliphatic heterocycles. The third-order valence-electron chi connectivity index (χ3n) is 8.06. The SMILES string of the molecule is CC(C)C[C@@H]([C]=O)NC(=O)[C@H](CCCNC(=N)N)NC(=O)[C@@H]1CCCN1C(=O)[C@@H]1CCCN1C(=O)[C@@H](N)Cc1ccccc1. The summed E-state index contributed by atoms with van der Waals surface area (Å²) < 4.78 is 0. The van der Waals surface area contributed by atoms with Gasteiger partial charge in [0.1, 0.15) is 18.1 Å². The predicted octanol–water partition coefficient (Wildman–Crippen LogP) is -0.0729. The monoisotopic (exact) mass is 611 g/mol. The van der Waals surface area contributed by atoms with E-state index in [0.717, 1.165) is 5.56 Å². The van der Waals surface area contributed by atoms with Crippen molar-refractivity contribution in [3.8, 4) is 0 Å². The molecule has 5 atom stereocenters. The van der Waals surface area contributed by atoms with Gasteiger partial charge in [-0.2, -0.15) is 0 Å². The van der Waals surface area contributed by atoms with Crippen LogP contribution in [0.3, 0.4) is 0 Å². The lowest BCUT2D eigenvalue weighted by Gasteiger charge is -2.32. The first-order valence-corrected chi connectivity index (χ1v) is 15.5. The van der Waals surface area contributed by atoms with Gasteiger partial charge in [0.25, 0.3) is 0 Å². The number of benzene rings is 1. The number of nitrogens with zero attached hydrogens (tertiary/aromatic N) is 2. The van der Waals surface area contributed by atoms with E-state index >= 15 is 0 Å². The van der Waals surface area contributed by atoms with Gasteiger partial charge < -0.3 is 37.2 Å². The smallest absolute Gasteiger partial charge is 0.246 e. The van der Waals surface area contributed by atoms with Crippen molar-refractivity contribution in [3.05, 3.63) is 35.9 Å². The van der Waals surface area contributed by atoms with Crippen molar-refractivity contribution in [1.82, 2.24) is 25.8 Å². The summed E-state index contributed by atoms with van der Waals surface area (Å²) in [6.07, 6.45) is 5.41. The maximum Gasteiger partial charge on any atom is 0.246 e. The molecule has 0 aliphatic carbocycles. The van der Waals surface area contributed by atoms with Crippen LogP contribution in [0.4, 0.5) is 0 Å². The van der Waals surface area contributed by atoms with Crippen LogP contribution in [0.2, 0.25) is 0 Å². The van der Waals surface area contributed by atoms with Gasteiger partial charge in [-0.3, -0.25) is 29.4 Å². The summed E-state index contributed by atoms with van der Waals surface area (Å²) in [5.41, 5.74) is 12.6. The molecule has 0 aromatic heterocycles. The molecule has 8 N–H and O–H groups in total. The van der Waals surface area contributed by atoms with Crippen molar-refractivity contribution in [3.63, 3.8) is 0 Å². The van der Waals surface area contributed by atoms with Gasteiger partial charge in [-0.15, -0.1) is 0 Å². The summed E-state index contributed by atoms with van der Waals surface area (Å²) in [6, 6.07) is 5.39. The molecule has 1 aromatic carbocycles. The molecular weight excluding hydrogens is 564 g/mol. The van der Waals surface area contributed by atoms with E-state index in [1.807, 2.05) is 50.5 Å². The third kappa shape index (κ3) is 9.76. The Hall–Kier alpha value is -4.00. The van der Waals surface area contributed by atoms with E-state index in [4.69, 9.17) is 16.9 Å². The molecule has 0 unspecified atom stereocenters. The molecule has 2 saturated heterocycles. The van der Waals surface area contributed by atoms with E-state index in [9.17, 15) is 24.0 Å². The number of guanidine groups is 1. The number of likely N-dealkylation sites (tertiary alicyclic amines) is 2. The summed E-state index contributed by atoms with van der Waals surface area (Å²) >= 11 is 0. The number of hydrogen-bond acceptors (Lipinski definition) is 7. The summed E-state index contributed by atoms with van der Waals surface area (Å²) in [5.74, 6) is -1.64. The van der Waals surface area contributed by atoms with E-state index in [-0.39, 0.29) is 30.1 Å². The number of carbonyl (C=O) groups excluding carboxylic acids is 5. The number of nitrogens with one attached hydrogen (secondary N) is 4. The fourth-order valence-corrected chi connectivity index (χ4v) is 5.90. The molecule has 2 heterocycles. The van der Waals surface area contributed by atoms with Crippen LogP contribution in [0.1, 0.15) is 64.4 Å².